The van der Waals surface area contributed by atoms with Crippen LogP contribution < -0.4 is 5.73 Å². The van der Waals surface area contributed by atoms with Gasteiger partial charge in [-0.25, -0.2) is 4.79 Å². The van der Waals surface area contributed by atoms with Crippen molar-refractivity contribution in [1.29, 1.82) is 0 Å². The smallest absolute Gasteiger partial charge is 0.340 e. The quantitative estimate of drug-likeness (QED) is 0.634. The van der Waals surface area contributed by atoms with E-state index in [1.165, 1.54) is 4.68 Å². The van der Waals surface area contributed by atoms with Crippen LogP contribution in [-0.4, -0.2) is 32.8 Å². The van der Waals surface area contributed by atoms with E-state index in [1.807, 2.05) is 0 Å². The molecule has 1 heterocycles. The van der Waals surface area contributed by atoms with Crippen LogP contribution in [0.1, 0.15) is 23.1 Å². The number of aryl methyl sites for hydroxylation is 1. The molecule has 0 radical (unpaired) electrons. The molecule has 7 nitrogen and oxygen atoms in total. The Morgan fingerprint density at radius 2 is 2.28 bits per heavy atom. The minimum absolute atomic E-state index is 0.303. The Bertz CT molecular complexity index is 579. The highest BCUT2D eigenvalue weighted by Crippen LogP contribution is 2.19. The molecule has 0 atom stereocenters. The molecule has 0 bridgehead atoms. The fraction of sp³-hybridized carbons (Fsp3) is 0.273. The molecule has 0 saturated carbocycles. The summed E-state index contributed by atoms with van der Waals surface area (Å²) in [6, 6.07) is 4.87. The van der Waals surface area contributed by atoms with Gasteiger partial charge in [0.2, 0.25) is 0 Å². The van der Waals surface area contributed by atoms with Gasteiger partial charge in [0.25, 0.3) is 0 Å². The van der Waals surface area contributed by atoms with Gasteiger partial charge in [-0.05, 0) is 42.5 Å². The summed E-state index contributed by atoms with van der Waals surface area (Å²) in [5.74, 6) is 0.133. The Hall–Kier alpha value is -2.44. The van der Waals surface area contributed by atoms with Gasteiger partial charge in [-0.3, -0.25) is 0 Å². The molecule has 7 heteroatoms. The molecule has 0 aliphatic carbocycles. The zero-order valence-electron chi connectivity index (χ0n) is 10.1. The van der Waals surface area contributed by atoms with Crippen LogP contribution in [0.2, 0.25) is 0 Å². The van der Waals surface area contributed by atoms with E-state index in [2.05, 4.69) is 15.5 Å². The number of nitrogens with two attached hydrogens (primary N) is 1. The second kappa shape index (κ2) is 4.82. The van der Waals surface area contributed by atoms with E-state index in [1.54, 1.807) is 32.0 Å². The molecule has 0 fully saturated rings. The van der Waals surface area contributed by atoms with Crippen LogP contribution in [0, 0.1) is 6.92 Å². The highest BCUT2D eigenvalue weighted by molar-refractivity contribution is 5.94. The number of hydrogen-bond donors (Lipinski definition) is 1. The molecule has 2 aromatic rings. The molecule has 94 valence electrons. The first-order valence-corrected chi connectivity index (χ1v) is 5.45. The maximum Gasteiger partial charge on any atom is 0.340 e. The van der Waals surface area contributed by atoms with Gasteiger partial charge < -0.3 is 10.5 Å². The van der Waals surface area contributed by atoms with E-state index in [9.17, 15) is 4.79 Å². The Morgan fingerprint density at radius 3 is 2.89 bits per heavy atom. The van der Waals surface area contributed by atoms with Gasteiger partial charge in [0, 0.05) is 5.69 Å². The monoisotopic (exact) mass is 247 g/mol. The van der Waals surface area contributed by atoms with Gasteiger partial charge >= 0.3 is 5.97 Å². The van der Waals surface area contributed by atoms with Crippen molar-refractivity contribution >= 4 is 11.7 Å². The highest BCUT2D eigenvalue weighted by atomic mass is 16.5. The van der Waals surface area contributed by atoms with Crippen molar-refractivity contribution in [3.8, 4) is 5.69 Å². The van der Waals surface area contributed by atoms with Crippen molar-refractivity contribution in [2.45, 2.75) is 13.8 Å². The van der Waals surface area contributed by atoms with Gasteiger partial charge in [0.1, 0.15) is 0 Å². The third kappa shape index (κ3) is 2.15. The lowest BCUT2D eigenvalue weighted by Gasteiger charge is -2.09. The maximum atomic E-state index is 11.8. The Morgan fingerprint density at radius 1 is 1.50 bits per heavy atom. The average molecular weight is 247 g/mol. The van der Waals surface area contributed by atoms with Crippen molar-refractivity contribution in [3.63, 3.8) is 0 Å². The third-order valence-corrected chi connectivity index (χ3v) is 2.37. The molecule has 18 heavy (non-hydrogen) atoms. The van der Waals surface area contributed by atoms with Crippen LogP contribution in [0.5, 0.6) is 0 Å². The van der Waals surface area contributed by atoms with Crippen molar-refractivity contribution in [1.82, 2.24) is 20.2 Å². The minimum atomic E-state index is -0.428. The topological polar surface area (TPSA) is 95.9 Å². The van der Waals surface area contributed by atoms with Crippen molar-refractivity contribution < 1.29 is 9.53 Å². The summed E-state index contributed by atoms with van der Waals surface area (Å²) in [7, 11) is 0. The van der Waals surface area contributed by atoms with Crippen LogP contribution in [0.4, 0.5) is 5.69 Å². The van der Waals surface area contributed by atoms with Crippen LogP contribution >= 0.6 is 0 Å². The zero-order valence-corrected chi connectivity index (χ0v) is 10.1. The number of aromatic nitrogens is 4. The number of carbonyl (C=O) groups excluding carboxylic acids is 1. The SMILES string of the molecule is CCOC(=O)c1ccc(N)cc1-n1nnnc1C. The normalized spacial score (nSPS) is 10.3. The summed E-state index contributed by atoms with van der Waals surface area (Å²) in [5, 5.41) is 11.1. The highest BCUT2D eigenvalue weighted by Gasteiger charge is 2.16. The number of tetrazole rings is 1. The van der Waals surface area contributed by atoms with Gasteiger partial charge in [-0.2, -0.15) is 4.68 Å². The largest absolute Gasteiger partial charge is 0.462 e. The third-order valence-electron chi connectivity index (χ3n) is 2.37. The van der Waals surface area contributed by atoms with E-state index < -0.39 is 5.97 Å². The van der Waals surface area contributed by atoms with Gasteiger partial charge in [0.05, 0.1) is 17.9 Å². The summed E-state index contributed by atoms with van der Waals surface area (Å²) in [6.45, 7) is 3.78. The maximum absolute atomic E-state index is 11.8. The molecule has 2 rings (SSSR count). The standard InChI is InChI=1S/C11H13N5O2/c1-3-18-11(17)9-5-4-8(12)6-10(9)16-7(2)13-14-15-16/h4-6H,3,12H2,1-2H3. The molecule has 2 N–H and O–H groups in total. The average Bonchev–Trinajstić information content (AvgIpc) is 2.75. The number of carbonyl (C=O) groups is 1. The van der Waals surface area contributed by atoms with Crippen molar-refractivity contribution in [2.75, 3.05) is 12.3 Å². The molecule has 1 aromatic carbocycles. The predicted molar refractivity (Wildman–Crippen MR) is 64.3 cm³/mol. The first-order valence-electron chi connectivity index (χ1n) is 5.45. The minimum Gasteiger partial charge on any atom is -0.462 e. The predicted octanol–water partition coefficient (Wildman–Crippen LogP) is 0.730. The van der Waals surface area contributed by atoms with Crippen LogP contribution in [0.25, 0.3) is 5.69 Å². The lowest BCUT2D eigenvalue weighted by atomic mass is 10.1. The Kier molecular flexibility index (Phi) is 3.22. The summed E-state index contributed by atoms with van der Waals surface area (Å²) in [4.78, 5) is 11.8. The Balaban J connectivity index is 2.54. The van der Waals surface area contributed by atoms with Crippen LogP contribution in [-0.2, 0) is 4.74 Å². The molecule has 0 spiro atoms. The second-order valence-corrected chi connectivity index (χ2v) is 3.63. The fourth-order valence-electron chi connectivity index (χ4n) is 1.56. The molecule has 0 unspecified atom stereocenters. The number of benzene rings is 1. The van der Waals surface area contributed by atoms with E-state index >= 15 is 0 Å². The van der Waals surface area contributed by atoms with E-state index in [0.717, 1.165) is 0 Å². The van der Waals surface area contributed by atoms with Gasteiger partial charge in [-0.1, -0.05) is 0 Å². The van der Waals surface area contributed by atoms with E-state index in [-0.39, 0.29) is 0 Å². The first-order chi connectivity index (χ1) is 8.63. The molecular weight excluding hydrogens is 234 g/mol. The van der Waals surface area contributed by atoms with Crippen molar-refractivity contribution in [3.05, 3.63) is 29.6 Å². The summed E-state index contributed by atoms with van der Waals surface area (Å²) < 4.78 is 6.43. The molecule has 0 amide bonds. The van der Waals surface area contributed by atoms with E-state index in [4.69, 9.17) is 10.5 Å². The number of nitrogens with zero attached hydrogens (tertiary/aromatic N) is 4. The molecular formula is C11H13N5O2. The molecule has 1 aromatic heterocycles. The molecule has 0 aliphatic heterocycles. The number of rotatable bonds is 3. The van der Waals surface area contributed by atoms with Gasteiger partial charge in [0.15, 0.2) is 5.82 Å². The lowest BCUT2D eigenvalue weighted by molar-refractivity contribution is 0.0526. The lowest BCUT2D eigenvalue weighted by Crippen LogP contribution is -2.12. The first kappa shape index (κ1) is 12.0. The zero-order chi connectivity index (χ0) is 13.1. The van der Waals surface area contributed by atoms with Gasteiger partial charge in [-0.15, -0.1) is 5.10 Å². The fourth-order valence-corrected chi connectivity index (χ4v) is 1.56. The molecule has 0 saturated heterocycles. The molecule has 0 aliphatic rings. The summed E-state index contributed by atoms with van der Waals surface area (Å²) in [5.41, 5.74) is 7.13. The van der Waals surface area contributed by atoms with Crippen molar-refractivity contribution in [2.24, 2.45) is 0 Å². The number of hydrogen-bond acceptors (Lipinski definition) is 6. The summed E-state index contributed by atoms with van der Waals surface area (Å²) in [6.07, 6.45) is 0. The number of nitrogen functional groups attached to an aromatic ring is 1. The number of ether oxygens (including phenoxy) is 1. The van der Waals surface area contributed by atoms with Crippen LogP contribution in [0.3, 0.4) is 0 Å². The van der Waals surface area contributed by atoms with E-state index in [0.29, 0.717) is 29.4 Å². The second-order valence-electron chi connectivity index (χ2n) is 3.63. The summed E-state index contributed by atoms with van der Waals surface area (Å²) >= 11 is 0. The number of esters is 1. The van der Waals surface area contributed by atoms with Crippen LogP contribution in [0.15, 0.2) is 18.2 Å². The Labute approximate surface area is 104 Å². The number of anilines is 1.